The zero-order chi connectivity index (χ0) is 23.4. The number of rotatable bonds is 17. The molecule has 31 heavy (non-hydrogen) atoms. The van der Waals surface area contributed by atoms with Crippen molar-refractivity contribution < 1.29 is 17.5 Å². The highest BCUT2D eigenvalue weighted by atomic mass is 32.2. The van der Waals surface area contributed by atoms with Crippen molar-refractivity contribution in [1.29, 1.82) is 0 Å². The Bertz CT molecular complexity index is 609. The maximum absolute atomic E-state index is 10.4. The maximum atomic E-state index is 10.4. The van der Waals surface area contributed by atoms with Gasteiger partial charge in [-0.1, -0.05) is 114 Å². The average Bonchev–Trinajstić information content (AvgIpc) is 2.67. The van der Waals surface area contributed by atoms with Gasteiger partial charge in [0.1, 0.15) is 5.75 Å². The van der Waals surface area contributed by atoms with Crippen molar-refractivity contribution in [3.63, 3.8) is 0 Å². The number of quaternary nitrogens is 1. The lowest BCUT2D eigenvalue weighted by molar-refractivity contribution is -0.870. The molecule has 1 rings (SSSR count). The molecule has 1 N–H and O–H groups in total. The second-order valence-corrected chi connectivity index (χ2v) is 11.3. The van der Waals surface area contributed by atoms with Crippen molar-refractivity contribution in [2.45, 2.75) is 103 Å². The van der Waals surface area contributed by atoms with E-state index in [9.17, 15) is 8.42 Å². The first-order valence-electron chi connectivity index (χ1n) is 12.4. The van der Waals surface area contributed by atoms with Crippen LogP contribution in [0.2, 0.25) is 0 Å². The molecular formula is C26H50NO3S+. The Hall–Kier alpha value is -0.910. The first-order valence-corrected chi connectivity index (χ1v) is 14.0. The lowest BCUT2D eigenvalue weighted by Crippen LogP contribution is -2.35. The molecule has 4 nitrogen and oxygen atoms in total. The Kier molecular flexibility index (Phi) is 18.1. The molecule has 0 bridgehead atoms. The second-order valence-electron chi connectivity index (χ2n) is 9.82. The van der Waals surface area contributed by atoms with Crippen molar-refractivity contribution >= 4 is 10.1 Å². The van der Waals surface area contributed by atoms with Crippen molar-refractivity contribution in [3.05, 3.63) is 35.9 Å². The van der Waals surface area contributed by atoms with Crippen LogP contribution in [0.25, 0.3) is 0 Å². The molecule has 0 saturated heterocycles. The van der Waals surface area contributed by atoms with E-state index in [0.717, 1.165) is 4.48 Å². The molecule has 0 saturated carbocycles. The van der Waals surface area contributed by atoms with Crippen LogP contribution in [0.1, 0.15) is 102 Å². The molecule has 0 heterocycles. The van der Waals surface area contributed by atoms with Crippen LogP contribution in [0.15, 0.2) is 30.3 Å². The summed E-state index contributed by atoms with van der Waals surface area (Å²) in [4.78, 5) is 0. The zero-order valence-electron chi connectivity index (χ0n) is 20.8. The van der Waals surface area contributed by atoms with E-state index in [1.807, 2.05) is 0 Å². The van der Waals surface area contributed by atoms with Crippen LogP contribution in [0, 0.1) is 0 Å². The summed E-state index contributed by atoms with van der Waals surface area (Å²) < 4.78 is 30.3. The molecule has 0 amide bonds. The van der Waals surface area contributed by atoms with Crippen molar-refractivity contribution in [2.24, 2.45) is 0 Å². The highest BCUT2D eigenvalue weighted by molar-refractivity contribution is 7.85. The first kappa shape index (κ1) is 30.1. The van der Waals surface area contributed by atoms with E-state index in [-0.39, 0.29) is 5.75 Å². The molecule has 0 atom stereocenters. The van der Waals surface area contributed by atoms with Crippen LogP contribution in [-0.2, 0) is 15.9 Å². The van der Waals surface area contributed by atoms with E-state index in [1.165, 1.54) is 96.4 Å². The maximum Gasteiger partial charge on any atom is 0.269 e. The summed E-state index contributed by atoms with van der Waals surface area (Å²) in [6.45, 7) is 3.63. The predicted molar refractivity (Wildman–Crippen MR) is 135 cm³/mol. The molecule has 182 valence electrons. The molecule has 0 radical (unpaired) electrons. The quantitative estimate of drug-likeness (QED) is 0.153. The Morgan fingerprint density at radius 3 is 1.42 bits per heavy atom. The van der Waals surface area contributed by atoms with Crippen LogP contribution < -0.4 is 0 Å². The number of hydrogen-bond donors (Lipinski definition) is 1. The van der Waals surface area contributed by atoms with E-state index >= 15 is 0 Å². The lowest BCUT2D eigenvalue weighted by Gasteiger charge is -2.23. The predicted octanol–water partition coefficient (Wildman–Crippen LogP) is 7.25. The third kappa shape index (κ3) is 25.2. The monoisotopic (exact) mass is 456 g/mol. The largest absolute Gasteiger partial charge is 0.331 e. The normalized spacial score (nSPS) is 11.8. The zero-order valence-corrected chi connectivity index (χ0v) is 21.6. The summed E-state index contributed by atoms with van der Waals surface area (Å²) in [5, 5.41) is 0. The fourth-order valence-corrected chi connectivity index (χ4v) is 4.18. The number of unbranched alkanes of at least 4 members (excludes halogenated alkanes) is 13. The van der Waals surface area contributed by atoms with E-state index in [0.29, 0.717) is 5.56 Å². The molecule has 1 aromatic carbocycles. The summed E-state index contributed by atoms with van der Waals surface area (Å²) in [6, 6.07) is 8.52. The van der Waals surface area contributed by atoms with Gasteiger partial charge in [-0.3, -0.25) is 4.55 Å². The summed E-state index contributed by atoms with van der Waals surface area (Å²) in [7, 11) is 3.00. The van der Waals surface area contributed by atoms with Gasteiger partial charge in [-0.2, -0.15) is 8.42 Å². The van der Waals surface area contributed by atoms with Gasteiger partial charge in [0.05, 0.1) is 27.7 Å². The molecule has 0 aliphatic carbocycles. The van der Waals surface area contributed by atoms with Gasteiger partial charge in [0.2, 0.25) is 0 Å². The van der Waals surface area contributed by atoms with Gasteiger partial charge in [0, 0.05) is 0 Å². The van der Waals surface area contributed by atoms with Crippen LogP contribution in [-0.4, -0.2) is 45.1 Å². The fourth-order valence-electron chi connectivity index (χ4n) is 3.57. The van der Waals surface area contributed by atoms with Crippen molar-refractivity contribution in [3.8, 4) is 0 Å². The molecule has 0 spiro atoms. The van der Waals surface area contributed by atoms with Gasteiger partial charge >= 0.3 is 0 Å². The molecule has 1 aromatic rings. The third-order valence-electron chi connectivity index (χ3n) is 5.37. The average molecular weight is 457 g/mol. The van der Waals surface area contributed by atoms with Crippen molar-refractivity contribution in [2.75, 3.05) is 27.7 Å². The molecule has 0 fully saturated rings. The molecule has 5 heteroatoms. The van der Waals surface area contributed by atoms with Crippen LogP contribution in [0.5, 0.6) is 0 Å². The van der Waals surface area contributed by atoms with Gasteiger partial charge in [0.25, 0.3) is 10.1 Å². The summed E-state index contributed by atoms with van der Waals surface area (Å²) >= 11 is 0. The highest BCUT2D eigenvalue weighted by Gasteiger charge is 2.05. The van der Waals surface area contributed by atoms with E-state index in [2.05, 4.69) is 28.1 Å². The molecular weight excluding hydrogens is 406 g/mol. The van der Waals surface area contributed by atoms with E-state index in [4.69, 9.17) is 4.55 Å². The van der Waals surface area contributed by atoms with E-state index in [1.54, 1.807) is 30.3 Å². The van der Waals surface area contributed by atoms with Gasteiger partial charge < -0.3 is 4.48 Å². The number of nitrogens with zero attached hydrogens (tertiary/aromatic N) is 1. The highest BCUT2D eigenvalue weighted by Crippen LogP contribution is 2.13. The minimum Gasteiger partial charge on any atom is -0.331 e. The topological polar surface area (TPSA) is 54.4 Å². The Balaban J connectivity index is 0.000000683. The third-order valence-corrected chi connectivity index (χ3v) is 6.07. The molecule has 0 unspecified atom stereocenters. The molecule has 0 aromatic heterocycles. The Morgan fingerprint density at radius 2 is 1.06 bits per heavy atom. The lowest BCUT2D eigenvalue weighted by atomic mass is 10.0. The van der Waals surface area contributed by atoms with Crippen LogP contribution >= 0.6 is 0 Å². The number of benzene rings is 1. The van der Waals surface area contributed by atoms with Gasteiger partial charge in [-0.25, -0.2) is 0 Å². The summed E-state index contributed by atoms with van der Waals surface area (Å²) in [5.41, 5.74) is 0.593. The van der Waals surface area contributed by atoms with Crippen LogP contribution in [0.4, 0.5) is 0 Å². The smallest absolute Gasteiger partial charge is 0.269 e. The second kappa shape index (κ2) is 18.6. The van der Waals surface area contributed by atoms with Gasteiger partial charge in [0.15, 0.2) is 0 Å². The van der Waals surface area contributed by atoms with Gasteiger partial charge in [-0.05, 0) is 18.4 Å². The van der Waals surface area contributed by atoms with Crippen molar-refractivity contribution in [1.82, 2.24) is 0 Å². The minimum absolute atomic E-state index is 0.312. The fraction of sp³-hybridized carbons (Fsp3) is 0.769. The molecule has 0 aliphatic heterocycles. The van der Waals surface area contributed by atoms with E-state index < -0.39 is 10.1 Å². The Morgan fingerprint density at radius 1 is 0.677 bits per heavy atom. The Labute approximate surface area is 193 Å². The molecule has 0 aliphatic rings. The first-order chi connectivity index (χ1) is 14.6. The standard InChI is InChI=1S/C19H42N.C7H8O3S/c1-5-6-7-8-9-10-11-12-13-14-15-16-17-18-19-20(2,3)4;8-11(9,10)6-7-4-2-1-3-5-7/h5-19H2,1-4H3;1-5H,6H2,(H,8,9,10)/q+1;. The minimum atomic E-state index is -3.88. The number of hydrogen-bond acceptors (Lipinski definition) is 2. The summed E-state index contributed by atoms with van der Waals surface area (Å²) in [6.07, 6.45) is 20.4. The SMILES string of the molecule is CCCCCCCCCCCCCCCC[N+](C)(C)C.O=S(=O)(O)Cc1ccccc1. The summed E-state index contributed by atoms with van der Waals surface area (Å²) in [5.74, 6) is -0.312. The van der Waals surface area contributed by atoms with Crippen LogP contribution in [0.3, 0.4) is 0 Å². The van der Waals surface area contributed by atoms with Gasteiger partial charge in [-0.15, -0.1) is 0 Å².